The minimum atomic E-state index is -5.08. The summed E-state index contributed by atoms with van der Waals surface area (Å²) < 4.78 is 37.6. The highest BCUT2D eigenvalue weighted by molar-refractivity contribution is 7.11. The summed E-state index contributed by atoms with van der Waals surface area (Å²) in [4.78, 5) is 32.0. The normalized spacial score (nSPS) is 26.8. The van der Waals surface area contributed by atoms with Gasteiger partial charge in [0.05, 0.1) is 11.1 Å². The zero-order chi connectivity index (χ0) is 23.4. The fourth-order valence-electron chi connectivity index (χ4n) is 4.77. The van der Waals surface area contributed by atoms with Crippen LogP contribution in [0.15, 0.2) is 6.20 Å². The predicted octanol–water partition coefficient (Wildman–Crippen LogP) is 3.61. The molecule has 1 aromatic heterocycles. The van der Waals surface area contributed by atoms with Gasteiger partial charge in [-0.2, -0.15) is 13.2 Å². The zero-order valence-corrected chi connectivity index (χ0v) is 19.0. The highest BCUT2D eigenvalue weighted by Crippen LogP contribution is 2.40. The molecule has 1 N–H and O–H groups in total. The largest absolute Gasteiger partial charge is 0.490 e. The number of carbonyl (C=O) groups is 2. The van der Waals surface area contributed by atoms with E-state index in [2.05, 4.69) is 21.7 Å². The van der Waals surface area contributed by atoms with Gasteiger partial charge in [0.25, 0.3) is 0 Å². The second-order valence-electron chi connectivity index (χ2n) is 8.64. The summed E-state index contributed by atoms with van der Waals surface area (Å²) >= 11 is 1.80. The Morgan fingerprint density at radius 2 is 2.06 bits per heavy atom. The van der Waals surface area contributed by atoms with E-state index in [1.54, 1.807) is 11.3 Å². The highest BCUT2D eigenvalue weighted by atomic mass is 32.1. The summed E-state index contributed by atoms with van der Waals surface area (Å²) in [6.07, 6.45) is 4.62. The van der Waals surface area contributed by atoms with Gasteiger partial charge in [-0.3, -0.25) is 9.69 Å². The molecule has 1 aromatic rings. The number of aromatic nitrogens is 1. The molecular weight excluding hydrogens is 447 g/mol. The first-order chi connectivity index (χ1) is 15.1. The Bertz CT molecular complexity index is 797. The Labute approximate surface area is 189 Å². The topological polar surface area (TPSA) is 83.0 Å². The number of carbonyl (C=O) groups excluding carboxylic acids is 1. The molecule has 3 aliphatic heterocycles. The monoisotopic (exact) mass is 477 g/mol. The lowest BCUT2D eigenvalue weighted by molar-refractivity contribution is -0.192. The molecule has 3 fully saturated rings. The van der Waals surface area contributed by atoms with Crippen molar-refractivity contribution in [3.8, 4) is 0 Å². The van der Waals surface area contributed by atoms with Crippen LogP contribution in [0.25, 0.3) is 0 Å². The van der Waals surface area contributed by atoms with Crippen molar-refractivity contribution >= 4 is 23.2 Å². The average molecular weight is 478 g/mol. The van der Waals surface area contributed by atoms with E-state index in [0.717, 1.165) is 76.3 Å². The summed E-state index contributed by atoms with van der Waals surface area (Å²) in [6.45, 7) is 6.95. The number of nitrogens with zero attached hydrogens (tertiary/aromatic N) is 3. The Hall–Kier alpha value is -1.72. The van der Waals surface area contributed by atoms with Gasteiger partial charge in [-0.25, -0.2) is 9.78 Å². The van der Waals surface area contributed by atoms with Gasteiger partial charge < -0.3 is 14.7 Å². The van der Waals surface area contributed by atoms with Crippen LogP contribution in [-0.4, -0.2) is 75.8 Å². The number of halogens is 3. The molecule has 7 nitrogen and oxygen atoms in total. The first-order valence-corrected chi connectivity index (χ1v) is 11.8. The predicted molar refractivity (Wildman–Crippen MR) is 112 cm³/mol. The standard InChI is InChI=1S/C19H29N3O2S.C2HF3O2/c1-15-20-12-17(25-15)14-21-9-3-6-19(8-10-21)7-5-18(23)22(19)13-16-4-2-11-24-16;3-2(4,5)1(6)7/h12,16H,2-11,13-14H2,1H3;(H,6,7). The van der Waals surface area contributed by atoms with Gasteiger partial charge in [-0.15, -0.1) is 11.3 Å². The first-order valence-electron chi connectivity index (χ1n) is 10.9. The molecule has 11 heteroatoms. The summed E-state index contributed by atoms with van der Waals surface area (Å²) in [5.41, 5.74) is 0.0847. The quantitative estimate of drug-likeness (QED) is 0.714. The molecular formula is C21H30F3N3O4S. The molecule has 0 saturated carbocycles. The molecule has 0 bridgehead atoms. The molecule has 2 atom stereocenters. The number of thiazole rings is 1. The fraction of sp³-hybridized carbons (Fsp3) is 0.762. The van der Waals surface area contributed by atoms with Crippen LogP contribution in [0.1, 0.15) is 54.8 Å². The third kappa shape index (κ3) is 6.41. The number of hydrogen-bond acceptors (Lipinski definition) is 6. The maximum Gasteiger partial charge on any atom is 0.490 e. The van der Waals surface area contributed by atoms with E-state index < -0.39 is 12.1 Å². The Morgan fingerprint density at radius 3 is 2.66 bits per heavy atom. The average Bonchev–Trinajstić information content (AvgIpc) is 3.41. The van der Waals surface area contributed by atoms with Crippen molar-refractivity contribution < 1.29 is 32.6 Å². The number of aliphatic carboxylic acids is 1. The molecule has 0 aliphatic carbocycles. The number of hydrogen-bond donors (Lipinski definition) is 1. The van der Waals surface area contributed by atoms with Crippen molar-refractivity contribution in [2.24, 2.45) is 0 Å². The molecule has 3 saturated heterocycles. The summed E-state index contributed by atoms with van der Waals surface area (Å²) in [5.74, 6) is -2.41. The van der Waals surface area contributed by atoms with Gasteiger partial charge >= 0.3 is 12.1 Å². The molecule has 180 valence electrons. The van der Waals surface area contributed by atoms with E-state index in [0.29, 0.717) is 5.91 Å². The molecule has 32 heavy (non-hydrogen) atoms. The lowest BCUT2D eigenvalue weighted by atomic mass is 9.87. The molecule has 1 spiro atoms. The van der Waals surface area contributed by atoms with E-state index in [9.17, 15) is 18.0 Å². The smallest absolute Gasteiger partial charge is 0.475 e. The Balaban J connectivity index is 0.000000360. The zero-order valence-electron chi connectivity index (χ0n) is 18.2. The molecule has 0 aromatic carbocycles. The number of alkyl halides is 3. The summed E-state index contributed by atoms with van der Waals surface area (Å²) in [5, 5.41) is 8.27. The van der Waals surface area contributed by atoms with Crippen LogP contribution in [0.5, 0.6) is 0 Å². The second kappa shape index (κ2) is 10.5. The number of likely N-dealkylation sites (tertiary alicyclic amines) is 2. The van der Waals surface area contributed by atoms with Crippen LogP contribution in [0.2, 0.25) is 0 Å². The van der Waals surface area contributed by atoms with Crippen molar-refractivity contribution in [3.63, 3.8) is 0 Å². The summed E-state index contributed by atoms with van der Waals surface area (Å²) in [6, 6.07) is 0. The number of aryl methyl sites for hydroxylation is 1. The number of carboxylic acids is 1. The van der Waals surface area contributed by atoms with Crippen molar-refractivity contribution in [2.45, 2.75) is 76.2 Å². The molecule has 0 radical (unpaired) electrons. The molecule has 4 rings (SSSR count). The SMILES string of the molecule is Cc1ncc(CN2CCCC3(CCC(=O)N3CC3CCCO3)CC2)s1.O=C(O)C(F)(F)F. The number of ether oxygens (including phenoxy) is 1. The maximum atomic E-state index is 12.6. The van der Waals surface area contributed by atoms with E-state index in [-0.39, 0.29) is 11.6 Å². The minimum absolute atomic E-state index is 0.0847. The maximum absolute atomic E-state index is 12.6. The van der Waals surface area contributed by atoms with Gasteiger partial charge in [0.1, 0.15) is 0 Å². The second-order valence-corrected chi connectivity index (χ2v) is 9.96. The van der Waals surface area contributed by atoms with Crippen LogP contribution in [0.3, 0.4) is 0 Å². The third-order valence-corrected chi connectivity index (χ3v) is 7.29. The van der Waals surface area contributed by atoms with Crippen LogP contribution in [-0.2, 0) is 20.9 Å². The Morgan fingerprint density at radius 1 is 1.31 bits per heavy atom. The van der Waals surface area contributed by atoms with Gasteiger partial charge in [-0.1, -0.05) is 0 Å². The van der Waals surface area contributed by atoms with E-state index in [1.807, 2.05) is 6.20 Å². The summed E-state index contributed by atoms with van der Waals surface area (Å²) in [7, 11) is 0. The van der Waals surface area contributed by atoms with Crippen molar-refractivity contribution in [1.82, 2.24) is 14.8 Å². The highest BCUT2D eigenvalue weighted by Gasteiger charge is 2.46. The first kappa shape index (κ1) is 24.9. The van der Waals surface area contributed by atoms with Crippen molar-refractivity contribution in [1.29, 1.82) is 0 Å². The van der Waals surface area contributed by atoms with Gasteiger partial charge in [0, 0.05) is 49.3 Å². The van der Waals surface area contributed by atoms with E-state index in [4.69, 9.17) is 14.6 Å². The van der Waals surface area contributed by atoms with Gasteiger partial charge in [0.15, 0.2) is 0 Å². The van der Waals surface area contributed by atoms with Crippen LogP contribution >= 0.6 is 11.3 Å². The number of carboxylic acid groups (broad SMARTS) is 1. The van der Waals surface area contributed by atoms with Crippen LogP contribution in [0, 0.1) is 6.92 Å². The molecule has 2 unspecified atom stereocenters. The number of amides is 1. The molecule has 3 aliphatic rings. The van der Waals surface area contributed by atoms with Crippen LogP contribution < -0.4 is 0 Å². The fourth-order valence-corrected chi connectivity index (χ4v) is 5.61. The molecule has 1 amide bonds. The minimum Gasteiger partial charge on any atom is -0.475 e. The van der Waals surface area contributed by atoms with E-state index >= 15 is 0 Å². The van der Waals surface area contributed by atoms with Gasteiger partial charge in [0.2, 0.25) is 5.91 Å². The van der Waals surface area contributed by atoms with Crippen molar-refractivity contribution in [3.05, 3.63) is 16.1 Å². The third-order valence-electron chi connectivity index (χ3n) is 6.39. The number of rotatable bonds is 4. The van der Waals surface area contributed by atoms with Gasteiger partial charge in [-0.05, 0) is 52.0 Å². The van der Waals surface area contributed by atoms with Crippen molar-refractivity contribution in [2.75, 3.05) is 26.2 Å². The molecule has 4 heterocycles. The Kier molecular flexibility index (Phi) is 8.16. The van der Waals surface area contributed by atoms with Crippen LogP contribution in [0.4, 0.5) is 13.2 Å². The lowest BCUT2D eigenvalue weighted by Gasteiger charge is -2.39. The van der Waals surface area contributed by atoms with E-state index in [1.165, 1.54) is 11.3 Å². The lowest BCUT2D eigenvalue weighted by Crippen LogP contribution is -2.49.